The first-order valence-corrected chi connectivity index (χ1v) is 5.13. The van der Waals surface area contributed by atoms with Gasteiger partial charge in [0.2, 0.25) is 0 Å². The van der Waals surface area contributed by atoms with Crippen LogP contribution in [0.15, 0.2) is 12.4 Å². The van der Waals surface area contributed by atoms with Crippen molar-refractivity contribution in [3.63, 3.8) is 0 Å². The van der Waals surface area contributed by atoms with Crippen LogP contribution in [-0.2, 0) is 11.3 Å². The average molecular weight is 208 g/mol. The summed E-state index contributed by atoms with van der Waals surface area (Å²) in [5.41, 5.74) is 6.34. The van der Waals surface area contributed by atoms with Gasteiger partial charge in [0.05, 0.1) is 24.5 Å². The number of rotatable bonds is 3. The Hall–Kier alpha value is -1.20. The lowest BCUT2D eigenvalue weighted by Crippen LogP contribution is -2.32. The van der Waals surface area contributed by atoms with E-state index in [0.717, 1.165) is 31.1 Å². The molecule has 0 radical (unpaired) electrons. The third kappa shape index (κ3) is 2.24. The molecular weight excluding hydrogens is 192 g/mol. The number of aromatic nitrogens is 2. The van der Waals surface area contributed by atoms with Crippen LogP contribution < -0.4 is 10.6 Å². The Balaban J connectivity index is 2.13. The van der Waals surface area contributed by atoms with Gasteiger partial charge in [0.15, 0.2) is 0 Å². The maximum Gasteiger partial charge on any atom is 0.147 e. The molecule has 1 saturated heterocycles. The summed E-state index contributed by atoms with van der Waals surface area (Å²) in [4.78, 5) is 10.7. The van der Waals surface area contributed by atoms with Gasteiger partial charge in [-0.05, 0) is 6.42 Å². The van der Waals surface area contributed by atoms with Gasteiger partial charge in [-0.15, -0.1) is 0 Å². The van der Waals surface area contributed by atoms with Crippen molar-refractivity contribution in [1.82, 2.24) is 9.97 Å². The molecule has 5 heteroatoms. The highest BCUT2D eigenvalue weighted by molar-refractivity contribution is 5.36. The van der Waals surface area contributed by atoms with E-state index in [1.165, 1.54) is 0 Å². The van der Waals surface area contributed by atoms with Crippen molar-refractivity contribution < 1.29 is 4.74 Å². The number of anilines is 1. The maximum absolute atomic E-state index is 5.53. The standard InChI is InChI=1S/C10H16N4O/c1-14(9-2-3-15-7-9)10-6-12-5-8(4-11)13-10/h5-6,9H,2-4,7,11H2,1H3. The number of hydrogen-bond donors (Lipinski definition) is 1. The predicted octanol–water partition coefficient (Wildman–Crippen LogP) is 0.160. The lowest BCUT2D eigenvalue weighted by Gasteiger charge is -2.23. The Morgan fingerprint density at radius 3 is 3.13 bits per heavy atom. The van der Waals surface area contributed by atoms with Crippen LogP contribution in [0.2, 0.25) is 0 Å². The van der Waals surface area contributed by atoms with E-state index in [4.69, 9.17) is 10.5 Å². The van der Waals surface area contributed by atoms with Crippen LogP contribution in [0, 0.1) is 0 Å². The number of nitrogens with two attached hydrogens (primary N) is 1. The van der Waals surface area contributed by atoms with Gasteiger partial charge in [0.25, 0.3) is 0 Å². The second kappa shape index (κ2) is 4.55. The molecular formula is C10H16N4O. The zero-order chi connectivity index (χ0) is 10.7. The molecule has 5 nitrogen and oxygen atoms in total. The van der Waals surface area contributed by atoms with Gasteiger partial charge in [-0.1, -0.05) is 0 Å². The maximum atomic E-state index is 5.53. The van der Waals surface area contributed by atoms with Gasteiger partial charge in [-0.3, -0.25) is 4.98 Å². The Bertz CT molecular complexity index is 325. The molecule has 1 fully saturated rings. The molecule has 0 saturated carbocycles. The summed E-state index contributed by atoms with van der Waals surface area (Å²) in [6.45, 7) is 2.03. The van der Waals surface area contributed by atoms with Crippen molar-refractivity contribution in [2.24, 2.45) is 5.73 Å². The Labute approximate surface area is 89.3 Å². The van der Waals surface area contributed by atoms with E-state index in [9.17, 15) is 0 Å². The summed E-state index contributed by atoms with van der Waals surface area (Å²) >= 11 is 0. The highest BCUT2D eigenvalue weighted by Crippen LogP contribution is 2.17. The summed E-state index contributed by atoms with van der Waals surface area (Å²) in [6.07, 6.45) is 4.50. The lowest BCUT2D eigenvalue weighted by molar-refractivity contribution is 0.193. The van der Waals surface area contributed by atoms with Crippen molar-refractivity contribution in [2.45, 2.75) is 19.0 Å². The van der Waals surface area contributed by atoms with Crippen LogP contribution >= 0.6 is 0 Å². The second-order valence-electron chi connectivity index (χ2n) is 3.70. The lowest BCUT2D eigenvalue weighted by atomic mass is 10.2. The average Bonchev–Trinajstić information content (AvgIpc) is 2.81. The molecule has 82 valence electrons. The minimum Gasteiger partial charge on any atom is -0.379 e. The molecule has 2 heterocycles. The van der Waals surface area contributed by atoms with Gasteiger partial charge in [-0.2, -0.15) is 0 Å². The molecule has 2 rings (SSSR count). The topological polar surface area (TPSA) is 64.3 Å². The normalized spacial score (nSPS) is 20.5. The fourth-order valence-electron chi connectivity index (χ4n) is 1.68. The molecule has 0 spiro atoms. The predicted molar refractivity (Wildman–Crippen MR) is 57.6 cm³/mol. The first-order valence-electron chi connectivity index (χ1n) is 5.13. The molecule has 1 atom stereocenters. The molecule has 0 bridgehead atoms. The SMILES string of the molecule is CN(c1cncc(CN)n1)C1CCOC1. The van der Waals surface area contributed by atoms with Crippen LogP contribution in [0.25, 0.3) is 0 Å². The van der Waals surface area contributed by atoms with Crippen molar-refractivity contribution in [3.8, 4) is 0 Å². The highest BCUT2D eigenvalue weighted by Gasteiger charge is 2.21. The fraction of sp³-hybridized carbons (Fsp3) is 0.600. The summed E-state index contributed by atoms with van der Waals surface area (Å²) in [5.74, 6) is 0.869. The van der Waals surface area contributed by atoms with Crippen LogP contribution in [0.3, 0.4) is 0 Å². The Morgan fingerprint density at radius 2 is 2.47 bits per heavy atom. The Morgan fingerprint density at radius 1 is 1.60 bits per heavy atom. The largest absolute Gasteiger partial charge is 0.379 e. The van der Waals surface area contributed by atoms with E-state index in [2.05, 4.69) is 14.9 Å². The van der Waals surface area contributed by atoms with Crippen LogP contribution in [0.5, 0.6) is 0 Å². The molecule has 0 amide bonds. The van der Waals surface area contributed by atoms with Crippen molar-refractivity contribution >= 4 is 5.82 Å². The van der Waals surface area contributed by atoms with Gasteiger partial charge in [-0.25, -0.2) is 4.98 Å². The number of hydrogen-bond acceptors (Lipinski definition) is 5. The molecule has 1 aliphatic heterocycles. The van der Waals surface area contributed by atoms with Crippen molar-refractivity contribution in [2.75, 3.05) is 25.2 Å². The van der Waals surface area contributed by atoms with Gasteiger partial charge >= 0.3 is 0 Å². The van der Waals surface area contributed by atoms with E-state index in [1.54, 1.807) is 12.4 Å². The van der Waals surface area contributed by atoms with E-state index in [1.807, 2.05) is 7.05 Å². The molecule has 0 aliphatic carbocycles. The summed E-state index contributed by atoms with van der Waals surface area (Å²) in [7, 11) is 2.02. The summed E-state index contributed by atoms with van der Waals surface area (Å²) in [5, 5.41) is 0. The molecule has 0 aromatic carbocycles. The van der Waals surface area contributed by atoms with Gasteiger partial charge in [0.1, 0.15) is 5.82 Å². The van der Waals surface area contributed by atoms with Crippen LogP contribution in [0.4, 0.5) is 5.82 Å². The Kier molecular flexibility index (Phi) is 3.13. The van der Waals surface area contributed by atoms with Crippen molar-refractivity contribution in [3.05, 3.63) is 18.1 Å². The second-order valence-corrected chi connectivity index (χ2v) is 3.70. The first-order chi connectivity index (χ1) is 7.31. The smallest absolute Gasteiger partial charge is 0.147 e. The molecule has 1 aromatic rings. The molecule has 1 aromatic heterocycles. The molecule has 2 N–H and O–H groups in total. The quantitative estimate of drug-likeness (QED) is 0.766. The number of likely N-dealkylation sites (N-methyl/N-ethyl adjacent to an activating group) is 1. The molecule has 15 heavy (non-hydrogen) atoms. The van der Waals surface area contributed by atoms with E-state index < -0.39 is 0 Å². The number of ether oxygens (including phenoxy) is 1. The minimum atomic E-state index is 0.410. The third-order valence-corrected chi connectivity index (χ3v) is 2.70. The highest BCUT2D eigenvalue weighted by atomic mass is 16.5. The summed E-state index contributed by atoms with van der Waals surface area (Å²) < 4.78 is 5.34. The zero-order valence-corrected chi connectivity index (χ0v) is 8.89. The van der Waals surface area contributed by atoms with Crippen LogP contribution in [0.1, 0.15) is 12.1 Å². The third-order valence-electron chi connectivity index (χ3n) is 2.70. The fourth-order valence-corrected chi connectivity index (χ4v) is 1.68. The molecule has 1 aliphatic rings. The van der Waals surface area contributed by atoms with Gasteiger partial charge in [0, 0.05) is 26.4 Å². The minimum absolute atomic E-state index is 0.410. The van der Waals surface area contributed by atoms with Crippen LogP contribution in [-0.4, -0.2) is 36.3 Å². The van der Waals surface area contributed by atoms with E-state index >= 15 is 0 Å². The zero-order valence-electron chi connectivity index (χ0n) is 8.89. The monoisotopic (exact) mass is 208 g/mol. The van der Waals surface area contributed by atoms with E-state index in [-0.39, 0.29) is 0 Å². The van der Waals surface area contributed by atoms with Gasteiger partial charge < -0.3 is 15.4 Å². The first kappa shape index (κ1) is 10.3. The summed E-state index contributed by atoms with van der Waals surface area (Å²) in [6, 6.07) is 0.410. The number of nitrogens with zero attached hydrogens (tertiary/aromatic N) is 3. The van der Waals surface area contributed by atoms with Crippen molar-refractivity contribution in [1.29, 1.82) is 0 Å². The van der Waals surface area contributed by atoms with E-state index in [0.29, 0.717) is 12.6 Å². The molecule has 1 unspecified atom stereocenters.